The summed E-state index contributed by atoms with van der Waals surface area (Å²) in [6, 6.07) is 0.887. The van der Waals surface area contributed by atoms with E-state index < -0.39 is 0 Å². The molecule has 4 fully saturated rings. The maximum absolute atomic E-state index is 3.55. The first-order chi connectivity index (χ1) is 5.86. The van der Waals surface area contributed by atoms with Gasteiger partial charge in [0, 0.05) is 0 Å². The van der Waals surface area contributed by atoms with Crippen LogP contribution in [0.15, 0.2) is 0 Å². The number of nitrogens with one attached hydrogen (secondary N) is 1. The first-order valence-corrected chi connectivity index (χ1v) is 6.07. The van der Waals surface area contributed by atoms with E-state index in [-0.39, 0.29) is 0 Å². The van der Waals surface area contributed by atoms with Crippen LogP contribution in [-0.2, 0) is 20.7 Å². The van der Waals surface area contributed by atoms with Crippen LogP contribution < -0.4 is 3.80 Å². The number of rotatable bonds is 1. The van der Waals surface area contributed by atoms with Crippen molar-refractivity contribution in [2.24, 2.45) is 23.7 Å². The van der Waals surface area contributed by atoms with Crippen LogP contribution in [0.1, 0.15) is 32.1 Å². The van der Waals surface area contributed by atoms with Gasteiger partial charge in [-0.25, -0.2) is 0 Å². The van der Waals surface area contributed by atoms with Gasteiger partial charge in [0.2, 0.25) is 0 Å². The summed E-state index contributed by atoms with van der Waals surface area (Å²) in [6.45, 7) is 0. The van der Waals surface area contributed by atoms with E-state index in [1.807, 2.05) is 0 Å². The Kier molecular flexibility index (Phi) is 1.89. The molecule has 1 nitrogen and oxygen atoms in total. The molecule has 4 aliphatic carbocycles. The van der Waals surface area contributed by atoms with E-state index in [1.165, 1.54) is 0 Å². The monoisotopic (exact) mass is 198 g/mol. The minimum absolute atomic E-state index is 0.887. The molecule has 4 saturated carbocycles. The normalized spacial score (nSPS) is 56.1. The van der Waals surface area contributed by atoms with Crippen molar-refractivity contribution in [2.75, 3.05) is 0 Å². The van der Waals surface area contributed by atoms with Crippen LogP contribution in [0, 0.1) is 23.7 Å². The summed E-state index contributed by atoms with van der Waals surface area (Å²) in [5, 5.41) is 0. The Hall–Kier alpha value is 0.674. The molecule has 2 heteroatoms. The second-order valence-corrected chi connectivity index (χ2v) is 5.55. The summed E-state index contributed by atoms with van der Waals surface area (Å²) >= 11 is 2.16. The van der Waals surface area contributed by atoms with Crippen molar-refractivity contribution in [2.45, 2.75) is 38.1 Å². The molecule has 0 atom stereocenters. The van der Waals surface area contributed by atoms with Gasteiger partial charge < -0.3 is 0 Å². The van der Waals surface area contributed by atoms with Gasteiger partial charge in [-0.15, -0.1) is 0 Å². The van der Waals surface area contributed by atoms with E-state index in [4.69, 9.17) is 0 Å². The molecule has 0 aromatic heterocycles. The van der Waals surface area contributed by atoms with E-state index >= 15 is 0 Å². The fourth-order valence-electron chi connectivity index (χ4n) is 4.16. The average Bonchev–Trinajstić information content (AvgIpc) is 2.02. The molecule has 0 aliphatic heterocycles. The van der Waals surface area contributed by atoms with Crippen LogP contribution in [-0.4, -0.2) is 6.04 Å². The Bertz CT molecular complexity index is 164. The fourth-order valence-corrected chi connectivity index (χ4v) is 4.90. The van der Waals surface area contributed by atoms with E-state index in [2.05, 4.69) is 24.5 Å². The second-order valence-electron chi connectivity index (χ2n) is 5.10. The van der Waals surface area contributed by atoms with Crippen LogP contribution >= 0.6 is 0 Å². The molecule has 0 heterocycles. The number of hydrogen-bond donors (Lipinski definition) is 1. The number of hydrogen-bond acceptors (Lipinski definition) is 1. The van der Waals surface area contributed by atoms with Gasteiger partial charge in [0.25, 0.3) is 0 Å². The molecule has 0 amide bonds. The third kappa shape index (κ3) is 1.06. The topological polar surface area (TPSA) is 12.0 Å². The zero-order chi connectivity index (χ0) is 8.13. The molecule has 1 N–H and O–H groups in total. The van der Waals surface area contributed by atoms with E-state index in [9.17, 15) is 0 Å². The van der Waals surface area contributed by atoms with E-state index in [1.54, 1.807) is 32.1 Å². The van der Waals surface area contributed by atoms with Gasteiger partial charge in [0.15, 0.2) is 0 Å². The van der Waals surface area contributed by atoms with Crippen molar-refractivity contribution >= 4 is 0 Å². The predicted octanol–water partition coefficient (Wildman–Crippen LogP) is 1.86. The van der Waals surface area contributed by atoms with Crippen LogP contribution in [0.2, 0.25) is 0 Å². The van der Waals surface area contributed by atoms with Crippen LogP contribution in [0.5, 0.6) is 0 Å². The Balaban J connectivity index is 1.86. The van der Waals surface area contributed by atoms with Gasteiger partial charge in [-0.1, -0.05) is 0 Å². The summed E-state index contributed by atoms with van der Waals surface area (Å²) in [7, 11) is 0. The van der Waals surface area contributed by atoms with Gasteiger partial charge in [0.1, 0.15) is 0 Å². The Morgan fingerprint density at radius 3 is 1.75 bits per heavy atom. The molecule has 4 rings (SSSR count). The van der Waals surface area contributed by atoms with Crippen LogP contribution in [0.4, 0.5) is 0 Å². The van der Waals surface area contributed by atoms with Crippen molar-refractivity contribution in [3.63, 3.8) is 0 Å². The third-order valence-corrected chi connectivity index (χ3v) is 4.91. The molecule has 0 unspecified atom stereocenters. The molecule has 65 valence electrons. The molecule has 0 saturated heterocycles. The Morgan fingerprint density at radius 2 is 1.33 bits per heavy atom. The Morgan fingerprint density at radius 1 is 0.833 bits per heavy atom. The minimum atomic E-state index is 0.887. The summed E-state index contributed by atoms with van der Waals surface area (Å²) in [5.41, 5.74) is 0. The van der Waals surface area contributed by atoms with Crippen LogP contribution in [0.25, 0.3) is 0 Å². The van der Waals surface area contributed by atoms with Gasteiger partial charge >= 0.3 is 86.3 Å². The molecule has 4 bridgehead atoms. The van der Waals surface area contributed by atoms with Gasteiger partial charge in [0.05, 0.1) is 0 Å². The molecule has 12 heavy (non-hydrogen) atoms. The molecule has 0 aromatic carbocycles. The first-order valence-electron chi connectivity index (χ1n) is 5.29. The predicted molar refractivity (Wildman–Crippen MR) is 44.0 cm³/mol. The summed E-state index contributed by atoms with van der Waals surface area (Å²) < 4.78 is 3.55. The average molecular weight is 198 g/mol. The standard InChI is InChI=1S/C10H16N.Ti/c11-10-8-2-6-1-7(4-8)5-9(10)3-6;/h6-11H,1-5H2;/q-1;+1. The van der Waals surface area contributed by atoms with E-state index in [0.717, 1.165) is 29.7 Å². The third-order valence-electron chi connectivity index (χ3n) is 4.39. The summed E-state index contributed by atoms with van der Waals surface area (Å²) in [4.78, 5) is 0. The maximum atomic E-state index is 3.55. The van der Waals surface area contributed by atoms with Crippen molar-refractivity contribution in [3.05, 3.63) is 0 Å². The van der Waals surface area contributed by atoms with Crippen molar-refractivity contribution in [3.8, 4) is 0 Å². The fraction of sp³-hybridized carbons (Fsp3) is 1.00. The van der Waals surface area contributed by atoms with E-state index in [0.29, 0.717) is 0 Å². The van der Waals surface area contributed by atoms with Gasteiger partial charge in [-0.3, -0.25) is 0 Å². The molecule has 4 aliphatic rings. The summed E-state index contributed by atoms with van der Waals surface area (Å²) in [5.74, 6) is 4.34. The summed E-state index contributed by atoms with van der Waals surface area (Å²) in [6.07, 6.45) is 7.73. The molecule has 0 radical (unpaired) electrons. The molecular weight excluding hydrogens is 182 g/mol. The van der Waals surface area contributed by atoms with Crippen molar-refractivity contribution < 1.29 is 20.7 Å². The van der Waals surface area contributed by atoms with Gasteiger partial charge in [-0.05, 0) is 0 Å². The zero-order valence-corrected chi connectivity index (χ0v) is 8.98. The zero-order valence-electron chi connectivity index (χ0n) is 7.42. The van der Waals surface area contributed by atoms with Crippen molar-refractivity contribution in [1.82, 2.24) is 3.80 Å². The SMILES string of the molecule is [Ti][NH]C1C2CC3CC(C2)CC1C3. The van der Waals surface area contributed by atoms with Crippen LogP contribution in [0.3, 0.4) is 0 Å². The first kappa shape index (κ1) is 8.02. The molecule has 0 aromatic rings. The Labute approximate surface area is 86.4 Å². The van der Waals surface area contributed by atoms with Gasteiger partial charge in [-0.2, -0.15) is 0 Å². The molecular formula is C10H16NTi. The second kappa shape index (κ2) is 2.83. The quantitative estimate of drug-likeness (QED) is 0.634. The van der Waals surface area contributed by atoms with Crippen molar-refractivity contribution in [1.29, 1.82) is 0 Å². The molecule has 0 spiro atoms.